The zero-order valence-electron chi connectivity index (χ0n) is 9.95. The Kier molecular flexibility index (Phi) is 2.76. The summed E-state index contributed by atoms with van der Waals surface area (Å²) in [6.07, 6.45) is 1.84. The standard InChI is InChI=1S/C11H15ClN4/c1-7-9(3)16(6-13-7)5-10-8(2)14-15(4)11(10)12/h6H,5H2,1-4H3. The molecule has 86 valence electrons. The lowest BCUT2D eigenvalue weighted by atomic mass is 10.2. The van der Waals surface area contributed by atoms with E-state index in [2.05, 4.69) is 21.6 Å². The Bertz CT molecular complexity index is 524. The highest BCUT2D eigenvalue weighted by Crippen LogP contribution is 2.20. The van der Waals surface area contributed by atoms with Crippen molar-refractivity contribution in [2.45, 2.75) is 27.3 Å². The second-order valence-electron chi connectivity index (χ2n) is 4.02. The van der Waals surface area contributed by atoms with Crippen LogP contribution in [0.15, 0.2) is 6.33 Å². The molecule has 2 rings (SSSR count). The van der Waals surface area contributed by atoms with Gasteiger partial charge in [-0.3, -0.25) is 4.68 Å². The fourth-order valence-corrected chi connectivity index (χ4v) is 1.96. The average Bonchev–Trinajstić information content (AvgIpc) is 2.66. The number of hydrogen-bond donors (Lipinski definition) is 0. The van der Waals surface area contributed by atoms with Crippen LogP contribution in [0.5, 0.6) is 0 Å². The zero-order valence-corrected chi connectivity index (χ0v) is 10.7. The van der Waals surface area contributed by atoms with Crippen molar-refractivity contribution in [1.29, 1.82) is 0 Å². The molecule has 0 aliphatic heterocycles. The van der Waals surface area contributed by atoms with Crippen molar-refractivity contribution in [3.8, 4) is 0 Å². The van der Waals surface area contributed by atoms with E-state index in [1.54, 1.807) is 4.68 Å². The lowest BCUT2D eigenvalue weighted by Gasteiger charge is -2.05. The maximum Gasteiger partial charge on any atom is 0.131 e. The molecule has 0 radical (unpaired) electrons. The van der Waals surface area contributed by atoms with Crippen LogP contribution in [0.25, 0.3) is 0 Å². The zero-order chi connectivity index (χ0) is 11.9. The van der Waals surface area contributed by atoms with E-state index in [1.807, 2.05) is 27.2 Å². The van der Waals surface area contributed by atoms with Gasteiger partial charge < -0.3 is 4.57 Å². The van der Waals surface area contributed by atoms with E-state index < -0.39 is 0 Å². The molecule has 0 aliphatic carbocycles. The van der Waals surface area contributed by atoms with Crippen LogP contribution in [0.3, 0.4) is 0 Å². The van der Waals surface area contributed by atoms with Gasteiger partial charge in [-0.15, -0.1) is 0 Å². The highest BCUT2D eigenvalue weighted by molar-refractivity contribution is 6.30. The van der Waals surface area contributed by atoms with E-state index in [-0.39, 0.29) is 0 Å². The van der Waals surface area contributed by atoms with Gasteiger partial charge in [0.15, 0.2) is 0 Å². The second kappa shape index (κ2) is 3.94. The smallest absolute Gasteiger partial charge is 0.131 e. The Morgan fingerprint density at radius 1 is 1.25 bits per heavy atom. The molecule has 0 bridgehead atoms. The van der Waals surface area contributed by atoms with Crippen molar-refractivity contribution < 1.29 is 0 Å². The minimum atomic E-state index is 0.697. The van der Waals surface area contributed by atoms with Crippen molar-refractivity contribution >= 4 is 11.6 Å². The third-order valence-electron chi connectivity index (χ3n) is 2.94. The van der Waals surface area contributed by atoms with Crippen molar-refractivity contribution in [2.24, 2.45) is 7.05 Å². The molecule has 0 fully saturated rings. The van der Waals surface area contributed by atoms with E-state index >= 15 is 0 Å². The Balaban J connectivity index is 2.37. The molecule has 4 nitrogen and oxygen atoms in total. The fourth-order valence-electron chi connectivity index (χ4n) is 1.73. The number of nitrogens with zero attached hydrogens (tertiary/aromatic N) is 4. The summed E-state index contributed by atoms with van der Waals surface area (Å²) in [6, 6.07) is 0. The van der Waals surface area contributed by atoms with Crippen LogP contribution in [-0.4, -0.2) is 19.3 Å². The van der Waals surface area contributed by atoms with Crippen molar-refractivity contribution in [3.05, 3.63) is 34.1 Å². The van der Waals surface area contributed by atoms with E-state index in [0.717, 1.165) is 23.5 Å². The molecular weight excluding hydrogens is 224 g/mol. The van der Waals surface area contributed by atoms with E-state index in [0.29, 0.717) is 5.15 Å². The first-order valence-electron chi connectivity index (χ1n) is 5.17. The molecule has 0 saturated heterocycles. The van der Waals surface area contributed by atoms with Crippen LogP contribution < -0.4 is 0 Å². The molecule has 0 aromatic carbocycles. The average molecular weight is 239 g/mol. The third kappa shape index (κ3) is 1.73. The largest absolute Gasteiger partial charge is 0.330 e. The van der Waals surface area contributed by atoms with Crippen LogP contribution in [-0.2, 0) is 13.6 Å². The summed E-state index contributed by atoms with van der Waals surface area (Å²) in [5.41, 5.74) is 4.25. The first-order valence-corrected chi connectivity index (χ1v) is 5.54. The molecule has 0 unspecified atom stereocenters. The minimum absolute atomic E-state index is 0.697. The molecule has 16 heavy (non-hydrogen) atoms. The Labute approximate surface area is 99.9 Å². The summed E-state index contributed by atoms with van der Waals surface area (Å²) in [4.78, 5) is 4.27. The summed E-state index contributed by atoms with van der Waals surface area (Å²) in [5, 5.41) is 4.99. The van der Waals surface area contributed by atoms with Gasteiger partial charge in [-0.1, -0.05) is 11.6 Å². The predicted molar refractivity (Wildman–Crippen MR) is 63.8 cm³/mol. The van der Waals surface area contributed by atoms with Gasteiger partial charge in [0.05, 0.1) is 24.3 Å². The third-order valence-corrected chi connectivity index (χ3v) is 3.42. The first-order chi connectivity index (χ1) is 7.50. The topological polar surface area (TPSA) is 35.6 Å². The first kappa shape index (κ1) is 11.2. The molecule has 0 aliphatic rings. The van der Waals surface area contributed by atoms with E-state index in [1.165, 1.54) is 5.69 Å². The van der Waals surface area contributed by atoms with Gasteiger partial charge in [0, 0.05) is 18.3 Å². The van der Waals surface area contributed by atoms with Gasteiger partial charge in [0.1, 0.15) is 5.15 Å². The fraction of sp³-hybridized carbons (Fsp3) is 0.455. The Hall–Kier alpha value is -1.29. The summed E-state index contributed by atoms with van der Waals surface area (Å²) >= 11 is 6.19. The molecule has 0 atom stereocenters. The highest BCUT2D eigenvalue weighted by atomic mass is 35.5. The Morgan fingerprint density at radius 2 is 1.94 bits per heavy atom. The number of imidazole rings is 1. The van der Waals surface area contributed by atoms with E-state index in [9.17, 15) is 0 Å². The van der Waals surface area contributed by atoms with Gasteiger partial charge in [-0.25, -0.2) is 4.98 Å². The maximum absolute atomic E-state index is 6.19. The van der Waals surface area contributed by atoms with Crippen molar-refractivity contribution in [3.63, 3.8) is 0 Å². The predicted octanol–water partition coefficient (Wildman–Crippen LogP) is 2.24. The second-order valence-corrected chi connectivity index (χ2v) is 4.38. The highest BCUT2D eigenvalue weighted by Gasteiger charge is 2.12. The molecule has 2 aromatic heterocycles. The van der Waals surface area contributed by atoms with E-state index in [4.69, 9.17) is 11.6 Å². The summed E-state index contributed by atoms with van der Waals surface area (Å²) in [6.45, 7) is 6.76. The molecule has 0 N–H and O–H groups in total. The van der Waals surface area contributed by atoms with Gasteiger partial charge in [-0.2, -0.15) is 5.10 Å². The van der Waals surface area contributed by atoms with Gasteiger partial charge in [0.2, 0.25) is 0 Å². The van der Waals surface area contributed by atoms with Crippen LogP contribution in [0.1, 0.15) is 22.6 Å². The summed E-state index contributed by atoms with van der Waals surface area (Å²) in [5.74, 6) is 0. The lowest BCUT2D eigenvalue weighted by molar-refractivity contribution is 0.754. The van der Waals surface area contributed by atoms with Gasteiger partial charge in [-0.05, 0) is 20.8 Å². The molecule has 0 amide bonds. The normalized spacial score (nSPS) is 11.1. The molecule has 0 saturated carbocycles. The van der Waals surface area contributed by atoms with Gasteiger partial charge in [0.25, 0.3) is 0 Å². The number of rotatable bonds is 2. The molecule has 2 heterocycles. The molecule has 5 heteroatoms. The monoisotopic (exact) mass is 238 g/mol. The quantitative estimate of drug-likeness (QED) is 0.805. The molecular formula is C11H15ClN4. The SMILES string of the molecule is Cc1nn(C)c(Cl)c1Cn1cnc(C)c1C. The van der Waals surface area contributed by atoms with Crippen LogP contribution in [0.2, 0.25) is 5.15 Å². The number of halogens is 1. The van der Waals surface area contributed by atoms with Crippen molar-refractivity contribution in [1.82, 2.24) is 19.3 Å². The van der Waals surface area contributed by atoms with Crippen molar-refractivity contribution in [2.75, 3.05) is 0 Å². The summed E-state index contributed by atoms with van der Waals surface area (Å²) < 4.78 is 3.79. The van der Waals surface area contributed by atoms with Crippen LogP contribution in [0.4, 0.5) is 0 Å². The Morgan fingerprint density at radius 3 is 2.38 bits per heavy atom. The van der Waals surface area contributed by atoms with Gasteiger partial charge >= 0.3 is 0 Å². The summed E-state index contributed by atoms with van der Waals surface area (Å²) in [7, 11) is 1.85. The molecule has 2 aromatic rings. The minimum Gasteiger partial charge on any atom is -0.330 e. The lowest BCUT2D eigenvalue weighted by Crippen LogP contribution is -2.02. The van der Waals surface area contributed by atoms with Crippen LogP contribution >= 0.6 is 11.6 Å². The number of aromatic nitrogens is 4. The molecule has 0 spiro atoms. The number of aryl methyl sites for hydroxylation is 3. The maximum atomic E-state index is 6.19. The number of hydrogen-bond acceptors (Lipinski definition) is 2. The van der Waals surface area contributed by atoms with Crippen LogP contribution in [0, 0.1) is 20.8 Å².